The normalized spacial score (nSPS) is 10.2. The number of carboxylic acid groups (broad SMARTS) is 1. The first-order valence-corrected chi connectivity index (χ1v) is 6.15. The van der Waals surface area contributed by atoms with E-state index in [0.717, 1.165) is 38.5 Å². The highest BCUT2D eigenvalue weighted by Crippen LogP contribution is 2.08. The number of rotatable bonds is 11. The molecule has 0 bridgehead atoms. The monoisotopic (exact) mass is 246 g/mol. The highest BCUT2D eigenvalue weighted by molar-refractivity contribution is 5.69. The Morgan fingerprint density at radius 2 is 1.41 bits per heavy atom. The quantitative estimate of drug-likeness (QED) is 0.428. The van der Waals surface area contributed by atoms with E-state index in [1.807, 2.05) is 0 Å². The van der Waals surface area contributed by atoms with Gasteiger partial charge in [0.25, 0.3) is 0 Å². The summed E-state index contributed by atoms with van der Waals surface area (Å²) >= 11 is 0. The second-order valence-corrected chi connectivity index (χ2v) is 3.96. The molecule has 0 saturated heterocycles. The number of hydrogen-bond acceptors (Lipinski definition) is 4. The number of esters is 1. The summed E-state index contributed by atoms with van der Waals surface area (Å²) in [5.74, 6) is -0.999. The summed E-state index contributed by atoms with van der Waals surface area (Å²) in [6.45, 7) is -0.0522. The SMILES string of the molecule is O=C(O)CCCCCCCCC(=O)OCCO. The molecule has 2 N–H and O–H groups in total. The van der Waals surface area contributed by atoms with Crippen LogP contribution in [0.2, 0.25) is 0 Å². The van der Waals surface area contributed by atoms with Crippen LogP contribution in [0.25, 0.3) is 0 Å². The lowest BCUT2D eigenvalue weighted by Crippen LogP contribution is -2.07. The van der Waals surface area contributed by atoms with Crippen LogP contribution in [0.15, 0.2) is 0 Å². The molecule has 100 valence electrons. The highest BCUT2D eigenvalue weighted by Gasteiger charge is 2.01. The van der Waals surface area contributed by atoms with Gasteiger partial charge in [-0.1, -0.05) is 25.7 Å². The van der Waals surface area contributed by atoms with Crippen LogP contribution in [0.5, 0.6) is 0 Å². The lowest BCUT2D eigenvalue weighted by Gasteiger charge is -2.02. The van der Waals surface area contributed by atoms with E-state index in [-0.39, 0.29) is 25.6 Å². The highest BCUT2D eigenvalue weighted by atomic mass is 16.5. The zero-order valence-corrected chi connectivity index (χ0v) is 10.2. The summed E-state index contributed by atoms with van der Waals surface area (Å²) in [5.41, 5.74) is 0. The number of aliphatic hydroxyl groups excluding tert-OH is 1. The molecule has 0 aromatic heterocycles. The largest absolute Gasteiger partial charge is 0.481 e. The topological polar surface area (TPSA) is 83.8 Å². The van der Waals surface area contributed by atoms with Crippen LogP contribution >= 0.6 is 0 Å². The summed E-state index contributed by atoms with van der Waals surface area (Å²) in [6.07, 6.45) is 6.09. The number of hydrogen-bond donors (Lipinski definition) is 2. The van der Waals surface area contributed by atoms with Gasteiger partial charge in [-0.15, -0.1) is 0 Å². The number of carboxylic acids is 1. The van der Waals surface area contributed by atoms with E-state index in [1.54, 1.807) is 0 Å². The van der Waals surface area contributed by atoms with Gasteiger partial charge in [-0.25, -0.2) is 0 Å². The third-order valence-corrected chi connectivity index (χ3v) is 2.38. The Bertz CT molecular complexity index is 215. The van der Waals surface area contributed by atoms with Crippen molar-refractivity contribution < 1.29 is 24.5 Å². The van der Waals surface area contributed by atoms with Gasteiger partial charge in [-0.05, 0) is 12.8 Å². The molecule has 0 atom stereocenters. The van der Waals surface area contributed by atoms with Crippen LogP contribution in [0.4, 0.5) is 0 Å². The zero-order chi connectivity index (χ0) is 12.9. The van der Waals surface area contributed by atoms with Crippen LogP contribution in [-0.2, 0) is 14.3 Å². The second kappa shape index (κ2) is 11.4. The predicted molar refractivity (Wildman–Crippen MR) is 62.6 cm³/mol. The van der Waals surface area contributed by atoms with E-state index in [4.69, 9.17) is 14.9 Å². The molecule has 5 heteroatoms. The van der Waals surface area contributed by atoms with E-state index in [0.29, 0.717) is 6.42 Å². The summed E-state index contributed by atoms with van der Waals surface area (Å²) in [7, 11) is 0. The van der Waals surface area contributed by atoms with Crippen molar-refractivity contribution in [1.82, 2.24) is 0 Å². The van der Waals surface area contributed by atoms with Gasteiger partial charge in [0, 0.05) is 12.8 Å². The number of ether oxygens (including phenoxy) is 1. The molecule has 0 aliphatic heterocycles. The minimum Gasteiger partial charge on any atom is -0.481 e. The summed E-state index contributed by atoms with van der Waals surface area (Å²) in [5, 5.41) is 16.8. The van der Waals surface area contributed by atoms with Crippen LogP contribution in [0.1, 0.15) is 51.4 Å². The van der Waals surface area contributed by atoms with Crippen LogP contribution in [0.3, 0.4) is 0 Å². The fourth-order valence-corrected chi connectivity index (χ4v) is 1.48. The summed E-state index contributed by atoms with van der Waals surface area (Å²) in [6, 6.07) is 0. The first-order valence-electron chi connectivity index (χ1n) is 6.15. The molecule has 0 fully saturated rings. The first kappa shape index (κ1) is 15.9. The maximum atomic E-state index is 11.0. The lowest BCUT2D eigenvalue weighted by molar-refractivity contribution is -0.144. The van der Waals surface area contributed by atoms with Gasteiger partial charge < -0.3 is 14.9 Å². The molecular formula is C12H22O5. The molecule has 0 rings (SSSR count). The number of carbonyl (C=O) groups is 2. The number of aliphatic carboxylic acids is 1. The van der Waals surface area contributed by atoms with E-state index >= 15 is 0 Å². The minimum absolute atomic E-state index is 0.0774. The van der Waals surface area contributed by atoms with Gasteiger partial charge in [0.2, 0.25) is 0 Å². The maximum Gasteiger partial charge on any atom is 0.305 e. The third kappa shape index (κ3) is 12.8. The Hall–Kier alpha value is -1.10. The van der Waals surface area contributed by atoms with E-state index < -0.39 is 5.97 Å². The first-order chi connectivity index (χ1) is 8.16. The van der Waals surface area contributed by atoms with Gasteiger partial charge >= 0.3 is 11.9 Å². The average molecular weight is 246 g/mol. The Kier molecular flexibility index (Phi) is 10.7. The van der Waals surface area contributed by atoms with Crippen LogP contribution < -0.4 is 0 Å². The van der Waals surface area contributed by atoms with Gasteiger partial charge in [-0.3, -0.25) is 9.59 Å². The number of unbranched alkanes of at least 4 members (excludes halogenated alkanes) is 5. The summed E-state index contributed by atoms with van der Waals surface area (Å²) < 4.78 is 4.71. The Morgan fingerprint density at radius 1 is 0.882 bits per heavy atom. The number of aliphatic hydroxyl groups is 1. The molecule has 0 radical (unpaired) electrons. The molecular weight excluding hydrogens is 224 g/mol. The van der Waals surface area contributed by atoms with Gasteiger partial charge in [0.1, 0.15) is 6.61 Å². The Labute approximate surface area is 102 Å². The van der Waals surface area contributed by atoms with Crippen molar-refractivity contribution in [3.05, 3.63) is 0 Å². The minimum atomic E-state index is -0.739. The van der Waals surface area contributed by atoms with Crippen molar-refractivity contribution in [2.75, 3.05) is 13.2 Å². The van der Waals surface area contributed by atoms with Gasteiger partial charge in [-0.2, -0.15) is 0 Å². The Balaban J connectivity index is 3.12. The molecule has 0 aromatic carbocycles. The van der Waals surface area contributed by atoms with Crippen LogP contribution in [-0.4, -0.2) is 35.4 Å². The molecule has 17 heavy (non-hydrogen) atoms. The second-order valence-electron chi connectivity index (χ2n) is 3.96. The Morgan fingerprint density at radius 3 is 1.94 bits per heavy atom. The predicted octanol–water partition coefficient (Wildman–Crippen LogP) is 1.73. The third-order valence-electron chi connectivity index (χ3n) is 2.38. The standard InChI is InChI=1S/C12H22O5/c13-9-10-17-12(16)8-6-4-2-1-3-5-7-11(14)15/h13H,1-10H2,(H,14,15). The molecule has 0 unspecified atom stereocenters. The van der Waals surface area contributed by atoms with E-state index in [9.17, 15) is 9.59 Å². The van der Waals surface area contributed by atoms with Crippen molar-refractivity contribution in [3.8, 4) is 0 Å². The molecule has 0 heterocycles. The number of carbonyl (C=O) groups excluding carboxylic acids is 1. The average Bonchev–Trinajstić information content (AvgIpc) is 2.29. The molecule has 0 aliphatic rings. The van der Waals surface area contributed by atoms with E-state index in [1.165, 1.54) is 0 Å². The van der Waals surface area contributed by atoms with Gasteiger partial charge in [0.15, 0.2) is 0 Å². The summed E-state index contributed by atoms with van der Waals surface area (Å²) in [4.78, 5) is 21.2. The van der Waals surface area contributed by atoms with Crippen molar-refractivity contribution >= 4 is 11.9 Å². The molecule has 0 aromatic rings. The van der Waals surface area contributed by atoms with Crippen molar-refractivity contribution in [3.63, 3.8) is 0 Å². The maximum absolute atomic E-state index is 11.0. The van der Waals surface area contributed by atoms with Crippen molar-refractivity contribution in [2.24, 2.45) is 0 Å². The van der Waals surface area contributed by atoms with Crippen molar-refractivity contribution in [2.45, 2.75) is 51.4 Å². The molecule has 0 spiro atoms. The molecule has 5 nitrogen and oxygen atoms in total. The smallest absolute Gasteiger partial charge is 0.305 e. The lowest BCUT2D eigenvalue weighted by atomic mass is 10.1. The fraction of sp³-hybridized carbons (Fsp3) is 0.833. The molecule has 0 saturated carbocycles. The fourth-order valence-electron chi connectivity index (χ4n) is 1.48. The van der Waals surface area contributed by atoms with Crippen LogP contribution in [0, 0.1) is 0 Å². The van der Waals surface area contributed by atoms with Gasteiger partial charge in [0.05, 0.1) is 6.61 Å². The van der Waals surface area contributed by atoms with E-state index in [2.05, 4.69) is 0 Å². The van der Waals surface area contributed by atoms with Crippen molar-refractivity contribution in [1.29, 1.82) is 0 Å². The zero-order valence-electron chi connectivity index (χ0n) is 10.2. The molecule has 0 amide bonds. The molecule has 0 aliphatic carbocycles.